The first-order valence-electron chi connectivity index (χ1n) is 5.22. The van der Waals surface area contributed by atoms with Crippen LogP contribution in [0.15, 0.2) is 10.2 Å². The summed E-state index contributed by atoms with van der Waals surface area (Å²) in [4.78, 5) is 13.7. The predicted octanol–water partition coefficient (Wildman–Crippen LogP) is 1.72. The molecule has 0 aromatic carbocycles. The Morgan fingerprint density at radius 2 is 2.29 bits per heavy atom. The standard InChI is InChI=1S/C10H16N2OS/c13-10-12-9(7-14-10)6-11-5-8-3-1-2-4-8/h7-8,11H,1-6H2,(H,12,13). The molecule has 14 heavy (non-hydrogen) atoms. The van der Waals surface area contributed by atoms with Gasteiger partial charge in [-0.15, -0.1) is 0 Å². The fourth-order valence-electron chi connectivity index (χ4n) is 2.03. The number of H-pyrrole nitrogens is 1. The molecule has 1 heterocycles. The summed E-state index contributed by atoms with van der Waals surface area (Å²) in [7, 11) is 0. The van der Waals surface area contributed by atoms with Gasteiger partial charge in [0.05, 0.1) is 0 Å². The van der Waals surface area contributed by atoms with Crippen molar-refractivity contribution in [2.24, 2.45) is 5.92 Å². The highest BCUT2D eigenvalue weighted by atomic mass is 32.1. The second-order valence-electron chi connectivity index (χ2n) is 3.95. The number of rotatable bonds is 4. The fraction of sp³-hybridized carbons (Fsp3) is 0.700. The average Bonchev–Trinajstić information content (AvgIpc) is 2.77. The topological polar surface area (TPSA) is 44.9 Å². The molecule has 1 aliphatic carbocycles. The zero-order chi connectivity index (χ0) is 9.80. The lowest BCUT2D eigenvalue weighted by atomic mass is 10.1. The van der Waals surface area contributed by atoms with Gasteiger partial charge in [0, 0.05) is 17.6 Å². The van der Waals surface area contributed by atoms with Crippen LogP contribution in [0.1, 0.15) is 31.4 Å². The first kappa shape index (κ1) is 9.93. The number of hydrogen-bond acceptors (Lipinski definition) is 3. The zero-order valence-electron chi connectivity index (χ0n) is 8.21. The summed E-state index contributed by atoms with van der Waals surface area (Å²) in [5.41, 5.74) is 1.01. The Kier molecular flexibility index (Phi) is 3.37. The Hall–Kier alpha value is -0.610. The van der Waals surface area contributed by atoms with Crippen LogP contribution in [0.4, 0.5) is 0 Å². The van der Waals surface area contributed by atoms with Crippen molar-refractivity contribution < 1.29 is 0 Å². The molecule has 1 saturated carbocycles. The minimum Gasteiger partial charge on any atom is -0.315 e. The molecule has 4 heteroatoms. The molecule has 2 N–H and O–H groups in total. The van der Waals surface area contributed by atoms with Gasteiger partial charge in [-0.3, -0.25) is 4.79 Å². The quantitative estimate of drug-likeness (QED) is 0.798. The third kappa shape index (κ3) is 2.69. The Morgan fingerprint density at radius 1 is 1.50 bits per heavy atom. The van der Waals surface area contributed by atoms with Crippen molar-refractivity contribution in [1.82, 2.24) is 10.3 Å². The fourth-order valence-corrected chi connectivity index (χ4v) is 2.61. The summed E-state index contributed by atoms with van der Waals surface area (Å²) in [6.45, 7) is 1.90. The third-order valence-electron chi connectivity index (χ3n) is 2.79. The number of thiazole rings is 1. The van der Waals surface area contributed by atoms with E-state index >= 15 is 0 Å². The number of aromatic nitrogens is 1. The maximum Gasteiger partial charge on any atom is 0.304 e. The smallest absolute Gasteiger partial charge is 0.304 e. The molecule has 1 aliphatic rings. The molecule has 0 radical (unpaired) electrons. The highest BCUT2D eigenvalue weighted by Gasteiger charge is 2.13. The number of aromatic amines is 1. The summed E-state index contributed by atoms with van der Waals surface area (Å²) >= 11 is 1.24. The van der Waals surface area contributed by atoms with Crippen LogP contribution >= 0.6 is 11.3 Å². The molecule has 0 spiro atoms. The van der Waals surface area contributed by atoms with E-state index in [-0.39, 0.29) is 4.87 Å². The number of nitrogens with one attached hydrogen (secondary N) is 2. The first-order chi connectivity index (χ1) is 6.84. The molecule has 1 fully saturated rings. The highest BCUT2D eigenvalue weighted by Crippen LogP contribution is 2.23. The Balaban J connectivity index is 1.69. The molecule has 0 unspecified atom stereocenters. The van der Waals surface area contributed by atoms with E-state index < -0.39 is 0 Å². The van der Waals surface area contributed by atoms with Crippen LogP contribution in [0.2, 0.25) is 0 Å². The van der Waals surface area contributed by atoms with Gasteiger partial charge in [0.25, 0.3) is 0 Å². The Bertz CT molecular complexity index is 325. The predicted molar refractivity (Wildman–Crippen MR) is 58.6 cm³/mol. The van der Waals surface area contributed by atoms with Crippen molar-refractivity contribution in [2.45, 2.75) is 32.2 Å². The molecule has 3 nitrogen and oxygen atoms in total. The maximum atomic E-state index is 10.8. The van der Waals surface area contributed by atoms with E-state index in [1.807, 2.05) is 5.38 Å². The lowest BCUT2D eigenvalue weighted by molar-refractivity contribution is 0.487. The van der Waals surface area contributed by atoms with Gasteiger partial charge in [-0.1, -0.05) is 24.2 Å². The summed E-state index contributed by atoms with van der Waals surface area (Å²) in [5.74, 6) is 0.861. The SMILES string of the molecule is O=c1[nH]c(CNCC2CCCC2)cs1. The average molecular weight is 212 g/mol. The van der Waals surface area contributed by atoms with E-state index in [4.69, 9.17) is 0 Å². The van der Waals surface area contributed by atoms with Gasteiger partial charge >= 0.3 is 4.87 Å². The third-order valence-corrected chi connectivity index (χ3v) is 3.51. The van der Waals surface area contributed by atoms with Gasteiger partial charge in [0.2, 0.25) is 0 Å². The zero-order valence-corrected chi connectivity index (χ0v) is 9.03. The van der Waals surface area contributed by atoms with Crippen LogP contribution in [-0.2, 0) is 6.54 Å². The molecule has 0 aliphatic heterocycles. The lowest BCUT2D eigenvalue weighted by Crippen LogP contribution is -2.21. The van der Waals surface area contributed by atoms with Crippen LogP contribution in [0, 0.1) is 5.92 Å². The Labute approximate surface area is 87.6 Å². The summed E-state index contributed by atoms with van der Waals surface area (Å²) in [6, 6.07) is 0. The van der Waals surface area contributed by atoms with E-state index in [0.29, 0.717) is 0 Å². The molecular formula is C10H16N2OS. The van der Waals surface area contributed by atoms with E-state index in [1.54, 1.807) is 0 Å². The minimum atomic E-state index is 0.0441. The van der Waals surface area contributed by atoms with Crippen molar-refractivity contribution >= 4 is 11.3 Å². The van der Waals surface area contributed by atoms with Gasteiger partial charge < -0.3 is 10.3 Å². The van der Waals surface area contributed by atoms with E-state index in [2.05, 4.69) is 10.3 Å². The van der Waals surface area contributed by atoms with Crippen molar-refractivity contribution in [1.29, 1.82) is 0 Å². The van der Waals surface area contributed by atoms with Crippen LogP contribution in [0.3, 0.4) is 0 Å². The number of hydrogen-bond donors (Lipinski definition) is 2. The second-order valence-corrected chi connectivity index (χ2v) is 4.80. The van der Waals surface area contributed by atoms with Crippen LogP contribution in [-0.4, -0.2) is 11.5 Å². The molecular weight excluding hydrogens is 196 g/mol. The highest BCUT2D eigenvalue weighted by molar-refractivity contribution is 7.07. The monoisotopic (exact) mass is 212 g/mol. The first-order valence-corrected chi connectivity index (χ1v) is 6.10. The van der Waals surface area contributed by atoms with Crippen LogP contribution in [0.25, 0.3) is 0 Å². The van der Waals surface area contributed by atoms with E-state index in [0.717, 1.165) is 24.7 Å². The molecule has 0 saturated heterocycles. The maximum absolute atomic E-state index is 10.8. The molecule has 0 atom stereocenters. The van der Waals surface area contributed by atoms with Gasteiger partial charge in [0.15, 0.2) is 0 Å². The van der Waals surface area contributed by atoms with E-state index in [1.165, 1.54) is 37.0 Å². The molecule has 2 rings (SSSR count). The molecule has 0 bridgehead atoms. The van der Waals surface area contributed by atoms with E-state index in [9.17, 15) is 4.79 Å². The largest absolute Gasteiger partial charge is 0.315 e. The summed E-state index contributed by atoms with van der Waals surface area (Å²) < 4.78 is 0. The lowest BCUT2D eigenvalue weighted by Gasteiger charge is -2.08. The van der Waals surface area contributed by atoms with Gasteiger partial charge in [-0.2, -0.15) is 0 Å². The van der Waals surface area contributed by atoms with Crippen molar-refractivity contribution in [3.8, 4) is 0 Å². The molecule has 1 aromatic heterocycles. The minimum absolute atomic E-state index is 0.0441. The normalized spacial score (nSPS) is 17.7. The Morgan fingerprint density at radius 3 is 2.93 bits per heavy atom. The molecule has 0 amide bonds. The van der Waals surface area contributed by atoms with Crippen molar-refractivity contribution in [2.75, 3.05) is 6.54 Å². The van der Waals surface area contributed by atoms with Crippen molar-refractivity contribution in [3.05, 3.63) is 20.7 Å². The van der Waals surface area contributed by atoms with Crippen LogP contribution in [0.5, 0.6) is 0 Å². The van der Waals surface area contributed by atoms with Gasteiger partial charge in [-0.05, 0) is 25.3 Å². The van der Waals surface area contributed by atoms with Gasteiger partial charge in [-0.25, -0.2) is 0 Å². The molecule has 78 valence electrons. The molecule has 1 aromatic rings. The van der Waals surface area contributed by atoms with Crippen molar-refractivity contribution in [3.63, 3.8) is 0 Å². The second kappa shape index (κ2) is 4.75. The summed E-state index contributed by atoms with van der Waals surface area (Å²) in [5, 5.41) is 5.29. The summed E-state index contributed by atoms with van der Waals surface area (Å²) in [6.07, 6.45) is 5.52. The van der Waals surface area contributed by atoms with Crippen LogP contribution < -0.4 is 10.2 Å². The van der Waals surface area contributed by atoms with Gasteiger partial charge in [0.1, 0.15) is 0 Å².